The third-order valence-corrected chi connectivity index (χ3v) is 5.38. The minimum atomic E-state index is 0.634. The smallest absolute Gasteiger partial charge is 0.126 e. The zero-order valence-electron chi connectivity index (χ0n) is 12.6. The van der Waals surface area contributed by atoms with Gasteiger partial charge in [-0.3, -0.25) is 5.10 Å². The van der Waals surface area contributed by atoms with E-state index in [0.29, 0.717) is 11.7 Å². The highest BCUT2D eigenvalue weighted by atomic mass is 15.3. The summed E-state index contributed by atoms with van der Waals surface area (Å²) in [5.41, 5.74) is 11.0. The predicted molar refractivity (Wildman–Crippen MR) is 89.1 cm³/mol. The molecule has 0 amide bonds. The lowest BCUT2D eigenvalue weighted by molar-refractivity contribution is 0.469. The van der Waals surface area contributed by atoms with Crippen LogP contribution in [0.3, 0.4) is 0 Å². The molecule has 1 aromatic carbocycles. The highest BCUT2D eigenvalue weighted by Gasteiger charge is 2.35. The van der Waals surface area contributed by atoms with Gasteiger partial charge in [-0.25, -0.2) is 0 Å². The van der Waals surface area contributed by atoms with Gasteiger partial charge in [0.2, 0.25) is 0 Å². The van der Waals surface area contributed by atoms with Gasteiger partial charge in [0.25, 0.3) is 0 Å². The van der Waals surface area contributed by atoms with Crippen LogP contribution in [0.25, 0.3) is 22.0 Å². The predicted octanol–water partition coefficient (Wildman–Crippen LogP) is 2.85. The van der Waals surface area contributed by atoms with Crippen molar-refractivity contribution < 1.29 is 0 Å². The second-order valence-electron chi connectivity index (χ2n) is 6.46. The van der Waals surface area contributed by atoms with Gasteiger partial charge in [-0.05, 0) is 18.8 Å². The van der Waals surface area contributed by atoms with Crippen molar-refractivity contribution >= 4 is 22.5 Å². The van der Waals surface area contributed by atoms with Crippen molar-refractivity contribution in [1.82, 2.24) is 14.8 Å². The summed E-state index contributed by atoms with van der Waals surface area (Å²) in [6.45, 7) is 2.37. The summed E-state index contributed by atoms with van der Waals surface area (Å²) in [6.07, 6.45) is 4.39. The molecule has 112 valence electrons. The van der Waals surface area contributed by atoms with E-state index in [-0.39, 0.29) is 0 Å². The number of piperidine rings is 1. The molecule has 6 rings (SSSR count). The first-order valence-corrected chi connectivity index (χ1v) is 7.91. The van der Waals surface area contributed by atoms with Crippen LogP contribution in [0.15, 0.2) is 24.4 Å². The van der Waals surface area contributed by atoms with Crippen molar-refractivity contribution in [3.8, 4) is 11.1 Å². The molecule has 5 nitrogen and oxygen atoms in total. The number of nitrogens with zero attached hydrogens (tertiary/aromatic N) is 3. The number of rotatable bonds is 1. The van der Waals surface area contributed by atoms with Gasteiger partial charge in [-0.15, -0.1) is 0 Å². The summed E-state index contributed by atoms with van der Waals surface area (Å²) < 4.78 is 2.36. The normalized spacial score (nSPS) is 17.4. The molecule has 5 heteroatoms. The molecule has 3 aliphatic heterocycles. The van der Waals surface area contributed by atoms with E-state index in [1.54, 1.807) is 5.56 Å². The van der Waals surface area contributed by atoms with E-state index in [0.717, 1.165) is 5.56 Å². The second-order valence-corrected chi connectivity index (χ2v) is 6.46. The average Bonchev–Trinajstić information content (AvgIpc) is 3.12. The van der Waals surface area contributed by atoms with Gasteiger partial charge in [0.05, 0.1) is 11.7 Å². The fourth-order valence-corrected chi connectivity index (χ4v) is 4.42. The first kappa shape index (κ1) is 12.1. The SMILES string of the molecule is Cn1c2c(c3cccc(-c4cn[nH]c4N)c31)C1CCN2CC1. The second kappa shape index (κ2) is 4.06. The Kier molecular flexibility index (Phi) is 2.24. The number of hydrogen-bond donors (Lipinski definition) is 2. The van der Waals surface area contributed by atoms with E-state index in [1.165, 1.54) is 48.2 Å². The monoisotopic (exact) mass is 293 g/mol. The fraction of sp³-hybridized carbons (Fsp3) is 0.353. The van der Waals surface area contributed by atoms with Crippen LogP contribution >= 0.6 is 0 Å². The summed E-state index contributed by atoms with van der Waals surface area (Å²) in [5, 5.41) is 8.32. The van der Waals surface area contributed by atoms with Crippen LogP contribution in [-0.4, -0.2) is 27.9 Å². The number of aryl methyl sites for hydroxylation is 1. The number of aromatic nitrogens is 3. The van der Waals surface area contributed by atoms with Crippen LogP contribution < -0.4 is 10.6 Å². The maximum atomic E-state index is 6.07. The Morgan fingerprint density at radius 2 is 2.05 bits per heavy atom. The molecule has 0 unspecified atom stereocenters. The summed E-state index contributed by atoms with van der Waals surface area (Å²) in [4.78, 5) is 2.54. The molecule has 3 aromatic rings. The van der Waals surface area contributed by atoms with Gasteiger partial charge >= 0.3 is 0 Å². The van der Waals surface area contributed by atoms with E-state index in [4.69, 9.17) is 5.73 Å². The molecule has 5 heterocycles. The molecule has 2 aromatic heterocycles. The molecular formula is C17H19N5. The average molecular weight is 293 g/mol. The van der Waals surface area contributed by atoms with Crippen molar-refractivity contribution in [2.24, 2.45) is 7.05 Å². The summed E-state index contributed by atoms with van der Waals surface area (Å²) >= 11 is 0. The Morgan fingerprint density at radius 3 is 2.77 bits per heavy atom. The Bertz CT molecular complexity index is 880. The van der Waals surface area contributed by atoms with Crippen molar-refractivity contribution in [1.29, 1.82) is 0 Å². The Hall–Kier alpha value is -2.43. The van der Waals surface area contributed by atoms with Crippen molar-refractivity contribution in [3.63, 3.8) is 0 Å². The van der Waals surface area contributed by atoms with Gasteiger partial charge in [0, 0.05) is 42.2 Å². The van der Waals surface area contributed by atoms with Crippen LogP contribution in [0.4, 0.5) is 11.6 Å². The maximum Gasteiger partial charge on any atom is 0.126 e. The number of aromatic amines is 1. The van der Waals surface area contributed by atoms with Crippen LogP contribution in [0.5, 0.6) is 0 Å². The number of benzene rings is 1. The van der Waals surface area contributed by atoms with Crippen LogP contribution in [0, 0.1) is 0 Å². The number of fused-ring (bicyclic) bond motifs is 3. The molecule has 22 heavy (non-hydrogen) atoms. The van der Waals surface area contributed by atoms with Crippen LogP contribution in [-0.2, 0) is 7.05 Å². The highest BCUT2D eigenvalue weighted by Crippen LogP contribution is 2.49. The molecule has 0 aliphatic carbocycles. The van der Waals surface area contributed by atoms with Gasteiger partial charge in [0.15, 0.2) is 0 Å². The minimum Gasteiger partial charge on any atom is -0.384 e. The molecule has 0 atom stereocenters. The molecule has 2 bridgehead atoms. The lowest BCUT2D eigenvalue weighted by Gasteiger charge is -2.41. The zero-order chi connectivity index (χ0) is 14.8. The molecule has 0 radical (unpaired) electrons. The summed E-state index contributed by atoms with van der Waals surface area (Å²) in [7, 11) is 2.18. The van der Waals surface area contributed by atoms with Gasteiger partial charge < -0.3 is 15.2 Å². The number of para-hydroxylation sites is 1. The lowest BCUT2D eigenvalue weighted by atomic mass is 9.84. The topological polar surface area (TPSA) is 62.9 Å². The zero-order valence-corrected chi connectivity index (χ0v) is 12.6. The number of nitrogens with two attached hydrogens (primary N) is 1. The Labute approximate surface area is 128 Å². The fourth-order valence-electron chi connectivity index (χ4n) is 4.42. The third-order valence-electron chi connectivity index (χ3n) is 5.38. The first-order valence-electron chi connectivity index (χ1n) is 7.91. The van der Waals surface area contributed by atoms with Crippen LogP contribution in [0.1, 0.15) is 24.3 Å². The number of nitrogens with one attached hydrogen (secondary N) is 1. The number of hydrogen-bond acceptors (Lipinski definition) is 3. The van der Waals surface area contributed by atoms with E-state index in [2.05, 4.69) is 44.9 Å². The molecule has 0 spiro atoms. The quantitative estimate of drug-likeness (QED) is 0.725. The van der Waals surface area contributed by atoms with Crippen molar-refractivity contribution in [3.05, 3.63) is 30.0 Å². The number of H-pyrrole nitrogens is 1. The molecule has 1 saturated heterocycles. The highest BCUT2D eigenvalue weighted by molar-refractivity contribution is 6.02. The van der Waals surface area contributed by atoms with Gasteiger partial charge in [-0.1, -0.05) is 18.2 Å². The molecule has 3 aliphatic rings. The van der Waals surface area contributed by atoms with Crippen molar-refractivity contribution in [2.45, 2.75) is 18.8 Å². The number of nitrogen functional groups attached to an aromatic ring is 1. The standard InChI is InChI=1S/C17H19N5/c1-21-15-11(13-9-19-20-16(13)18)3-2-4-12(15)14-10-5-7-22(8-6-10)17(14)21/h2-4,9-10H,5-8H2,1H3,(H3,18,19,20). The largest absolute Gasteiger partial charge is 0.384 e. The van der Waals surface area contributed by atoms with Crippen molar-refractivity contribution in [2.75, 3.05) is 23.7 Å². The van der Waals surface area contributed by atoms with E-state index >= 15 is 0 Å². The third kappa shape index (κ3) is 1.36. The Morgan fingerprint density at radius 1 is 1.23 bits per heavy atom. The lowest BCUT2D eigenvalue weighted by Crippen LogP contribution is -2.39. The minimum absolute atomic E-state index is 0.634. The van der Waals surface area contributed by atoms with Gasteiger partial charge in [0.1, 0.15) is 11.6 Å². The van der Waals surface area contributed by atoms with E-state index in [1.807, 2.05) is 6.20 Å². The Balaban J connectivity index is 1.89. The summed E-state index contributed by atoms with van der Waals surface area (Å²) in [6, 6.07) is 6.55. The molecule has 1 fully saturated rings. The maximum absolute atomic E-state index is 6.07. The first-order chi connectivity index (χ1) is 10.8. The summed E-state index contributed by atoms with van der Waals surface area (Å²) in [5.74, 6) is 2.75. The number of anilines is 2. The molecular weight excluding hydrogens is 274 g/mol. The van der Waals surface area contributed by atoms with E-state index < -0.39 is 0 Å². The molecule has 3 N–H and O–H groups in total. The van der Waals surface area contributed by atoms with Gasteiger partial charge in [-0.2, -0.15) is 5.10 Å². The van der Waals surface area contributed by atoms with E-state index in [9.17, 15) is 0 Å². The molecule has 0 saturated carbocycles. The van der Waals surface area contributed by atoms with Crippen LogP contribution in [0.2, 0.25) is 0 Å².